The van der Waals surface area contributed by atoms with E-state index in [0.29, 0.717) is 34.5 Å². The first-order valence-electron chi connectivity index (χ1n) is 12.7. The molecule has 4 saturated carbocycles. The fraction of sp³-hybridized carbons (Fsp3) is 0.464. The van der Waals surface area contributed by atoms with E-state index < -0.39 is 5.60 Å². The lowest BCUT2D eigenvalue weighted by molar-refractivity contribution is -0.136. The zero-order valence-corrected chi connectivity index (χ0v) is 20.7. The summed E-state index contributed by atoms with van der Waals surface area (Å²) in [6, 6.07) is 13.4. The monoisotopic (exact) mass is 488 g/mol. The number of methoxy groups -OCH3 is 1. The summed E-state index contributed by atoms with van der Waals surface area (Å²) in [5, 5.41) is 17.1. The molecule has 4 fully saturated rings. The molecule has 7 rings (SSSR count). The highest BCUT2D eigenvalue weighted by atomic mass is 16.5. The summed E-state index contributed by atoms with van der Waals surface area (Å²) in [7, 11) is 3.38. The van der Waals surface area contributed by atoms with E-state index in [-0.39, 0.29) is 24.5 Å². The predicted molar refractivity (Wildman–Crippen MR) is 136 cm³/mol. The van der Waals surface area contributed by atoms with Gasteiger partial charge in [-0.3, -0.25) is 9.59 Å². The molecule has 8 heteroatoms. The van der Waals surface area contributed by atoms with Gasteiger partial charge in [0.15, 0.2) is 0 Å². The minimum atomic E-state index is -0.544. The van der Waals surface area contributed by atoms with Gasteiger partial charge in [-0.1, -0.05) is 30.3 Å². The molecule has 0 spiro atoms. The van der Waals surface area contributed by atoms with Gasteiger partial charge in [-0.25, -0.2) is 4.98 Å². The van der Waals surface area contributed by atoms with Crippen molar-refractivity contribution in [3.8, 4) is 11.4 Å². The summed E-state index contributed by atoms with van der Waals surface area (Å²) >= 11 is 0. The number of imidazole rings is 1. The number of hydrogen-bond acceptors (Lipinski definition) is 5. The van der Waals surface area contributed by atoms with Gasteiger partial charge in [0.05, 0.1) is 22.3 Å². The number of aliphatic hydroxyl groups is 1. The summed E-state index contributed by atoms with van der Waals surface area (Å²) < 4.78 is 6.94. The number of carbonyl (C=O) groups excluding carboxylic acids is 2. The Labute approximate surface area is 210 Å². The van der Waals surface area contributed by atoms with E-state index in [1.165, 1.54) is 7.11 Å². The van der Waals surface area contributed by atoms with Crippen LogP contribution in [0.15, 0.2) is 42.5 Å². The maximum Gasteiger partial charge on any atom is 0.251 e. The third-order valence-corrected chi connectivity index (χ3v) is 8.35. The second kappa shape index (κ2) is 8.71. The van der Waals surface area contributed by atoms with Gasteiger partial charge < -0.3 is 25.0 Å². The fourth-order valence-corrected chi connectivity index (χ4v) is 7.19. The summed E-state index contributed by atoms with van der Waals surface area (Å²) in [6.45, 7) is -0.0865. The van der Waals surface area contributed by atoms with Crippen molar-refractivity contribution in [2.75, 3.05) is 19.0 Å². The Hall–Kier alpha value is -3.23. The first-order valence-corrected chi connectivity index (χ1v) is 12.7. The number of fused-ring (bicyclic) bond motifs is 1. The highest BCUT2D eigenvalue weighted by molar-refractivity contribution is 6.06. The van der Waals surface area contributed by atoms with Crippen molar-refractivity contribution >= 4 is 28.5 Å². The molecular weight excluding hydrogens is 456 g/mol. The van der Waals surface area contributed by atoms with Crippen LogP contribution in [-0.4, -0.2) is 51.8 Å². The van der Waals surface area contributed by atoms with Gasteiger partial charge in [0.2, 0.25) is 5.91 Å². The van der Waals surface area contributed by atoms with Gasteiger partial charge in [-0.2, -0.15) is 0 Å². The second-order valence-corrected chi connectivity index (χ2v) is 10.9. The number of carbonyl (C=O) groups is 2. The Kier molecular flexibility index (Phi) is 5.61. The van der Waals surface area contributed by atoms with Crippen molar-refractivity contribution in [1.82, 2.24) is 14.9 Å². The normalized spacial score (nSPS) is 28.4. The number of amides is 2. The van der Waals surface area contributed by atoms with Crippen LogP contribution in [0.2, 0.25) is 0 Å². The van der Waals surface area contributed by atoms with Crippen LogP contribution in [0.4, 0.5) is 5.69 Å². The quantitative estimate of drug-likeness (QED) is 0.493. The molecule has 2 aromatic carbocycles. The maximum absolute atomic E-state index is 13.5. The summed E-state index contributed by atoms with van der Waals surface area (Å²) in [6.07, 6.45) is 4.58. The van der Waals surface area contributed by atoms with Gasteiger partial charge >= 0.3 is 0 Å². The highest BCUT2D eigenvalue weighted by Gasteiger charge is 2.55. The third kappa shape index (κ3) is 3.98. The Morgan fingerprint density at radius 2 is 1.86 bits per heavy atom. The molecule has 1 heterocycles. The Morgan fingerprint density at radius 1 is 1.14 bits per heavy atom. The molecule has 2 amide bonds. The average Bonchev–Trinajstić information content (AvgIpc) is 3.17. The number of rotatable bonds is 6. The molecule has 0 unspecified atom stereocenters. The molecule has 3 aromatic rings. The number of hydrogen-bond donors (Lipinski definition) is 3. The smallest absolute Gasteiger partial charge is 0.251 e. The number of aryl methyl sites for hydroxylation is 1. The van der Waals surface area contributed by atoms with Crippen molar-refractivity contribution < 1.29 is 19.4 Å². The second-order valence-electron chi connectivity index (χ2n) is 10.9. The Morgan fingerprint density at radius 3 is 2.53 bits per heavy atom. The molecule has 0 saturated heterocycles. The molecule has 1 aromatic heterocycles. The van der Waals surface area contributed by atoms with Crippen LogP contribution >= 0.6 is 0 Å². The van der Waals surface area contributed by atoms with Crippen LogP contribution in [0.25, 0.3) is 22.4 Å². The largest absolute Gasteiger partial charge is 0.390 e. The van der Waals surface area contributed by atoms with Crippen molar-refractivity contribution in [2.24, 2.45) is 24.8 Å². The van der Waals surface area contributed by atoms with E-state index in [1.54, 1.807) is 12.1 Å². The minimum Gasteiger partial charge on any atom is -0.390 e. The molecule has 36 heavy (non-hydrogen) atoms. The molecule has 2 atom stereocenters. The Balaban J connectivity index is 1.35. The molecule has 8 nitrogen and oxygen atoms in total. The van der Waals surface area contributed by atoms with Gasteiger partial charge in [0, 0.05) is 31.3 Å². The van der Waals surface area contributed by atoms with E-state index in [1.807, 2.05) is 41.9 Å². The van der Waals surface area contributed by atoms with Crippen LogP contribution in [0.1, 0.15) is 42.5 Å². The van der Waals surface area contributed by atoms with Gasteiger partial charge in [-0.05, 0) is 62.0 Å². The van der Waals surface area contributed by atoms with Gasteiger partial charge in [0.1, 0.15) is 12.4 Å². The maximum atomic E-state index is 13.5. The topological polar surface area (TPSA) is 105 Å². The van der Waals surface area contributed by atoms with Crippen LogP contribution < -0.4 is 10.6 Å². The zero-order valence-electron chi connectivity index (χ0n) is 20.7. The number of anilines is 1. The molecule has 188 valence electrons. The van der Waals surface area contributed by atoms with Crippen molar-refractivity contribution in [3.63, 3.8) is 0 Å². The third-order valence-electron chi connectivity index (χ3n) is 8.35. The zero-order chi connectivity index (χ0) is 25.0. The standard InChI is InChI=1S/C28H32N4O4/c1-32-25-21(29-23(33)15-36-2)10-18(11-22(25)30-26(32)17-6-4-3-5-7-17)27(34)31-24-19-8-16-9-20(24)14-28(35,12-16)13-19/h3-7,10-11,16,19-20,24,35H,8-9,12-15H2,1-2H3,(H,29,33)(H,31,34)/t16?,19-,20-,24?,28?/m1/s1. The van der Waals surface area contributed by atoms with Crippen LogP contribution in [0, 0.1) is 17.8 Å². The van der Waals surface area contributed by atoms with Crippen molar-refractivity contribution in [1.29, 1.82) is 0 Å². The van der Waals surface area contributed by atoms with Crippen LogP contribution in [0.3, 0.4) is 0 Å². The molecule has 0 radical (unpaired) electrons. The highest BCUT2D eigenvalue weighted by Crippen LogP contribution is 2.55. The van der Waals surface area contributed by atoms with Crippen molar-refractivity contribution in [2.45, 2.75) is 43.7 Å². The van der Waals surface area contributed by atoms with E-state index in [0.717, 1.165) is 49.0 Å². The predicted octanol–water partition coefficient (Wildman–Crippen LogP) is 3.49. The summed E-state index contributed by atoms with van der Waals surface area (Å²) in [5.41, 5.74) is 2.76. The van der Waals surface area contributed by atoms with Crippen LogP contribution in [-0.2, 0) is 16.6 Å². The van der Waals surface area contributed by atoms with E-state index in [9.17, 15) is 14.7 Å². The lowest BCUT2D eigenvalue weighted by Gasteiger charge is -2.58. The number of aromatic nitrogens is 2. The fourth-order valence-electron chi connectivity index (χ4n) is 7.19. The molecular formula is C28H32N4O4. The molecule has 0 aliphatic heterocycles. The van der Waals surface area contributed by atoms with Gasteiger partial charge in [0.25, 0.3) is 5.91 Å². The average molecular weight is 489 g/mol. The minimum absolute atomic E-state index is 0.0696. The lowest BCUT2D eigenvalue weighted by Crippen LogP contribution is -2.61. The summed E-state index contributed by atoms with van der Waals surface area (Å²) in [4.78, 5) is 30.8. The Bertz CT molecular complexity index is 1320. The molecule has 4 aliphatic rings. The lowest BCUT2D eigenvalue weighted by atomic mass is 9.52. The SMILES string of the molecule is COCC(=O)Nc1cc(C(=O)NC2[C@@H]3CC4C[C@@H]2CC(O)(C4)C3)cc2nc(-c3ccccc3)n(C)c12. The first kappa shape index (κ1) is 23.2. The van der Waals surface area contributed by atoms with E-state index in [4.69, 9.17) is 9.72 Å². The number of nitrogens with zero attached hydrogens (tertiary/aromatic N) is 2. The van der Waals surface area contributed by atoms with E-state index in [2.05, 4.69) is 10.6 Å². The number of benzene rings is 2. The van der Waals surface area contributed by atoms with Gasteiger partial charge in [-0.15, -0.1) is 0 Å². The van der Waals surface area contributed by atoms with E-state index >= 15 is 0 Å². The molecule has 4 bridgehead atoms. The summed E-state index contributed by atoms with van der Waals surface area (Å²) in [5.74, 6) is 1.48. The van der Waals surface area contributed by atoms with Crippen LogP contribution in [0.5, 0.6) is 0 Å². The number of ether oxygens (including phenoxy) is 1. The molecule has 3 N–H and O–H groups in total. The number of nitrogens with one attached hydrogen (secondary N) is 2. The molecule has 4 aliphatic carbocycles. The van der Waals surface area contributed by atoms with Crippen molar-refractivity contribution in [3.05, 3.63) is 48.0 Å². The first-order chi connectivity index (χ1) is 17.3.